The van der Waals surface area contributed by atoms with E-state index in [1.165, 1.54) is 29.2 Å². The maximum Gasteiger partial charge on any atom is 0.416 e. The minimum atomic E-state index is -4.48. The van der Waals surface area contributed by atoms with E-state index >= 15 is 0 Å². The van der Waals surface area contributed by atoms with Crippen molar-refractivity contribution >= 4 is 29.0 Å². The molecule has 1 atom stereocenters. The fourth-order valence-electron chi connectivity index (χ4n) is 3.25. The van der Waals surface area contributed by atoms with Crippen LogP contribution >= 0.6 is 23.1 Å². The van der Waals surface area contributed by atoms with Crippen molar-refractivity contribution in [2.45, 2.75) is 43.7 Å². The van der Waals surface area contributed by atoms with Gasteiger partial charge in [0.15, 0.2) is 11.0 Å². The number of ether oxygens (including phenoxy) is 1. The Kier molecular flexibility index (Phi) is 6.82. The first kappa shape index (κ1) is 22.7. The van der Waals surface area contributed by atoms with E-state index in [1.807, 2.05) is 0 Å². The van der Waals surface area contributed by atoms with Gasteiger partial charge in [0.1, 0.15) is 5.69 Å². The van der Waals surface area contributed by atoms with Crippen LogP contribution in [0, 0.1) is 6.92 Å². The molecule has 12 heteroatoms. The molecule has 1 N–H and O–H groups in total. The zero-order valence-corrected chi connectivity index (χ0v) is 18.7. The number of carbonyl (C=O) groups is 1. The number of thiazole rings is 1. The van der Waals surface area contributed by atoms with E-state index in [-0.39, 0.29) is 29.9 Å². The molecule has 7 nitrogen and oxygen atoms in total. The summed E-state index contributed by atoms with van der Waals surface area (Å²) >= 11 is 2.72. The van der Waals surface area contributed by atoms with Gasteiger partial charge in [-0.25, -0.2) is 4.98 Å². The number of benzene rings is 1. The lowest BCUT2D eigenvalue weighted by atomic mass is 10.2. The van der Waals surface area contributed by atoms with Crippen LogP contribution in [0.1, 0.15) is 39.7 Å². The summed E-state index contributed by atoms with van der Waals surface area (Å²) in [4.78, 5) is 16.5. The molecular formula is C20H20F3N5O2S2. The molecule has 0 spiro atoms. The van der Waals surface area contributed by atoms with Gasteiger partial charge in [0.05, 0.1) is 28.9 Å². The van der Waals surface area contributed by atoms with Crippen molar-refractivity contribution in [3.63, 3.8) is 0 Å². The second-order valence-electron chi connectivity index (χ2n) is 7.16. The first-order valence-corrected chi connectivity index (χ1v) is 11.7. The smallest absolute Gasteiger partial charge is 0.377 e. The molecule has 1 unspecified atom stereocenters. The molecule has 1 saturated heterocycles. The number of aromatic nitrogens is 4. The number of thioether (sulfide) groups is 1. The number of nitrogens with zero attached hydrogens (tertiary/aromatic N) is 4. The molecule has 170 valence electrons. The summed E-state index contributed by atoms with van der Waals surface area (Å²) in [5, 5.41) is 13.9. The van der Waals surface area contributed by atoms with E-state index in [9.17, 15) is 18.0 Å². The highest BCUT2D eigenvalue weighted by molar-refractivity contribution is 7.99. The highest BCUT2D eigenvalue weighted by atomic mass is 32.2. The van der Waals surface area contributed by atoms with Crippen molar-refractivity contribution in [2.24, 2.45) is 0 Å². The second-order valence-corrected chi connectivity index (χ2v) is 9.21. The van der Waals surface area contributed by atoms with Crippen molar-refractivity contribution in [1.29, 1.82) is 0 Å². The van der Waals surface area contributed by atoms with Crippen LogP contribution < -0.4 is 5.32 Å². The Morgan fingerprint density at radius 2 is 2.22 bits per heavy atom. The molecule has 1 aliphatic heterocycles. The lowest BCUT2D eigenvalue weighted by molar-refractivity contribution is -0.137. The fourth-order valence-corrected chi connectivity index (χ4v) is 4.88. The van der Waals surface area contributed by atoms with Crippen LogP contribution in [0.5, 0.6) is 0 Å². The Morgan fingerprint density at radius 1 is 1.38 bits per heavy atom. The Balaban J connectivity index is 1.60. The van der Waals surface area contributed by atoms with Crippen LogP contribution in [0.25, 0.3) is 5.69 Å². The molecule has 4 rings (SSSR count). The molecule has 0 bridgehead atoms. The number of aryl methyl sites for hydroxylation is 1. The topological polar surface area (TPSA) is 81.9 Å². The Morgan fingerprint density at radius 3 is 2.91 bits per heavy atom. The van der Waals surface area contributed by atoms with Gasteiger partial charge in [-0.2, -0.15) is 13.2 Å². The van der Waals surface area contributed by atoms with Crippen LogP contribution in [0.2, 0.25) is 0 Å². The first-order chi connectivity index (χ1) is 15.3. The lowest BCUT2D eigenvalue weighted by Crippen LogP contribution is -2.25. The maximum atomic E-state index is 13.3. The quantitative estimate of drug-likeness (QED) is 0.506. The van der Waals surface area contributed by atoms with Crippen LogP contribution in [0.15, 0.2) is 34.8 Å². The lowest BCUT2D eigenvalue weighted by Gasteiger charge is -2.14. The Hall–Kier alpha value is -2.44. The van der Waals surface area contributed by atoms with Gasteiger partial charge >= 0.3 is 6.18 Å². The normalized spacial score (nSPS) is 16.4. The van der Waals surface area contributed by atoms with Gasteiger partial charge in [-0.15, -0.1) is 21.5 Å². The van der Waals surface area contributed by atoms with E-state index in [1.54, 1.807) is 22.9 Å². The summed E-state index contributed by atoms with van der Waals surface area (Å²) in [5.74, 6) is 0.544. The molecule has 0 saturated carbocycles. The second kappa shape index (κ2) is 9.59. The number of hydrogen-bond acceptors (Lipinski definition) is 7. The number of amides is 1. The monoisotopic (exact) mass is 483 g/mol. The van der Waals surface area contributed by atoms with E-state index < -0.39 is 11.7 Å². The predicted octanol–water partition coefficient (Wildman–Crippen LogP) is 4.25. The third-order valence-electron chi connectivity index (χ3n) is 4.81. The van der Waals surface area contributed by atoms with Crippen molar-refractivity contribution in [3.05, 3.63) is 51.7 Å². The zero-order valence-electron chi connectivity index (χ0n) is 17.1. The molecule has 2 aromatic heterocycles. The number of alkyl halides is 3. The van der Waals surface area contributed by atoms with Gasteiger partial charge in [0, 0.05) is 17.7 Å². The molecule has 1 amide bonds. The molecular weight excluding hydrogens is 463 g/mol. The van der Waals surface area contributed by atoms with Crippen LogP contribution in [-0.4, -0.2) is 44.1 Å². The minimum absolute atomic E-state index is 0.0147. The maximum absolute atomic E-state index is 13.3. The molecule has 1 aromatic carbocycles. The summed E-state index contributed by atoms with van der Waals surface area (Å²) in [6.07, 6.45) is -2.49. The number of halogens is 3. The standard InChI is InChI=1S/C20H20F3N5O2S2/c1-12-25-16(11-31-12)18(29)24-9-17-26-27-19(32-10-15-6-3-7-30-15)28(17)14-5-2-4-13(8-14)20(21,22)23/h2,4-5,8,11,15H,3,6-7,9-10H2,1H3,(H,24,29). The SMILES string of the molecule is Cc1nc(C(=O)NCc2nnc(SCC3CCCO3)n2-c2cccc(C(F)(F)F)c2)cs1. The third kappa shape index (κ3) is 5.30. The molecule has 1 aliphatic rings. The van der Waals surface area contributed by atoms with Gasteiger partial charge in [-0.3, -0.25) is 9.36 Å². The molecule has 0 radical (unpaired) electrons. The number of rotatable bonds is 7. The zero-order chi connectivity index (χ0) is 22.7. The summed E-state index contributed by atoms with van der Waals surface area (Å²) < 4.78 is 47.0. The average Bonchev–Trinajstić information content (AvgIpc) is 3.51. The third-order valence-corrected chi connectivity index (χ3v) is 6.65. The average molecular weight is 484 g/mol. The molecule has 3 heterocycles. The van der Waals surface area contributed by atoms with E-state index in [4.69, 9.17) is 4.74 Å². The van der Waals surface area contributed by atoms with Crippen molar-refractivity contribution < 1.29 is 22.7 Å². The minimum Gasteiger partial charge on any atom is -0.377 e. The molecule has 32 heavy (non-hydrogen) atoms. The number of nitrogens with one attached hydrogen (secondary N) is 1. The first-order valence-electron chi connectivity index (χ1n) is 9.88. The van der Waals surface area contributed by atoms with Crippen LogP contribution in [0.4, 0.5) is 13.2 Å². The van der Waals surface area contributed by atoms with Gasteiger partial charge in [0.2, 0.25) is 0 Å². The Labute approximate surface area is 190 Å². The Bertz CT molecular complexity index is 1090. The largest absolute Gasteiger partial charge is 0.416 e. The highest BCUT2D eigenvalue weighted by Gasteiger charge is 2.31. The van der Waals surface area contributed by atoms with Gasteiger partial charge in [0.25, 0.3) is 5.91 Å². The fraction of sp³-hybridized carbons (Fsp3) is 0.400. The van der Waals surface area contributed by atoms with Crippen LogP contribution in [-0.2, 0) is 17.5 Å². The van der Waals surface area contributed by atoms with Crippen molar-refractivity contribution in [3.8, 4) is 5.69 Å². The van der Waals surface area contributed by atoms with Crippen molar-refractivity contribution in [1.82, 2.24) is 25.1 Å². The van der Waals surface area contributed by atoms with E-state index in [0.717, 1.165) is 30.0 Å². The number of carbonyl (C=O) groups excluding carboxylic acids is 1. The van der Waals surface area contributed by atoms with Gasteiger partial charge < -0.3 is 10.1 Å². The van der Waals surface area contributed by atoms with E-state index in [0.29, 0.717) is 23.3 Å². The number of hydrogen-bond donors (Lipinski definition) is 1. The molecule has 0 aliphatic carbocycles. The highest BCUT2D eigenvalue weighted by Crippen LogP contribution is 2.32. The summed E-state index contributed by atoms with van der Waals surface area (Å²) in [6.45, 7) is 2.49. The predicted molar refractivity (Wildman–Crippen MR) is 114 cm³/mol. The van der Waals surface area contributed by atoms with Gasteiger partial charge in [-0.05, 0) is 38.0 Å². The summed E-state index contributed by atoms with van der Waals surface area (Å²) in [6, 6.07) is 4.96. The molecule has 1 fully saturated rings. The summed E-state index contributed by atoms with van der Waals surface area (Å²) in [7, 11) is 0. The molecule has 3 aromatic rings. The van der Waals surface area contributed by atoms with Gasteiger partial charge in [-0.1, -0.05) is 17.8 Å². The summed E-state index contributed by atoms with van der Waals surface area (Å²) in [5.41, 5.74) is -0.217. The van der Waals surface area contributed by atoms with Crippen molar-refractivity contribution in [2.75, 3.05) is 12.4 Å². The van der Waals surface area contributed by atoms with E-state index in [2.05, 4.69) is 20.5 Å². The van der Waals surface area contributed by atoms with Crippen LogP contribution in [0.3, 0.4) is 0 Å².